The lowest BCUT2D eigenvalue weighted by molar-refractivity contribution is -0.384. The summed E-state index contributed by atoms with van der Waals surface area (Å²) in [5, 5.41) is 13.8. The third kappa shape index (κ3) is 3.29. The van der Waals surface area contributed by atoms with Gasteiger partial charge >= 0.3 is 0 Å². The number of rotatable bonds is 4. The summed E-state index contributed by atoms with van der Waals surface area (Å²) in [6, 6.07) is 6.27. The minimum Gasteiger partial charge on any atom is -0.372 e. The first-order chi connectivity index (χ1) is 9.93. The summed E-state index contributed by atoms with van der Waals surface area (Å²) in [5.74, 6) is 1.60. The summed E-state index contributed by atoms with van der Waals surface area (Å²) in [7, 11) is 1.81. The zero-order valence-electron chi connectivity index (χ0n) is 11.9. The van der Waals surface area contributed by atoms with Gasteiger partial charge in [0.2, 0.25) is 0 Å². The van der Waals surface area contributed by atoms with Gasteiger partial charge in [-0.2, -0.15) is 0 Å². The predicted molar refractivity (Wildman–Crippen MR) is 90.5 cm³/mol. The second-order valence-corrected chi connectivity index (χ2v) is 5.88. The largest absolute Gasteiger partial charge is 0.372 e. The van der Waals surface area contributed by atoms with Crippen LogP contribution in [-0.4, -0.2) is 21.9 Å². The quantitative estimate of drug-likeness (QED) is 0.481. The lowest BCUT2D eigenvalue weighted by atomic mass is 10.1. The van der Waals surface area contributed by atoms with Gasteiger partial charge in [0.15, 0.2) is 5.82 Å². The Kier molecular flexibility index (Phi) is 4.71. The fraction of sp³-hybridized carbons (Fsp3) is 0.286. The highest BCUT2D eigenvalue weighted by Gasteiger charge is 2.15. The number of nitrogens with one attached hydrogen (secondary N) is 1. The average Bonchev–Trinajstić information content (AvgIpc) is 2.47. The van der Waals surface area contributed by atoms with Crippen molar-refractivity contribution in [1.29, 1.82) is 0 Å². The maximum atomic E-state index is 10.7. The maximum absolute atomic E-state index is 10.7. The lowest BCUT2D eigenvalue weighted by Crippen LogP contribution is -2.06. The number of aromatic nitrogens is 2. The Morgan fingerprint density at radius 3 is 2.33 bits per heavy atom. The molecule has 0 amide bonds. The van der Waals surface area contributed by atoms with Crippen molar-refractivity contribution in [2.75, 3.05) is 12.4 Å². The Bertz CT molecular complexity index is 671. The molecule has 1 aromatic heterocycles. The van der Waals surface area contributed by atoms with Crippen molar-refractivity contribution in [2.45, 2.75) is 19.8 Å². The van der Waals surface area contributed by atoms with Crippen molar-refractivity contribution in [1.82, 2.24) is 9.97 Å². The third-order valence-corrected chi connectivity index (χ3v) is 4.06. The van der Waals surface area contributed by atoms with Crippen molar-refractivity contribution >= 4 is 34.1 Å². The molecule has 1 aromatic carbocycles. The van der Waals surface area contributed by atoms with Gasteiger partial charge in [-0.1, -0.05) is 13.8 Å². The van der Waals surface area contributed by atoms with E-state index >= 15 is 0 Å². The van der Waals surface area contributed by atoms with Crippen LogP contribution in [0.5, 0.6) is 0 Å². The number of nitro benzene ring substituents is 1. The molecule has 0 saturated heterocycles. The highest BCUT2D eigenvalue weighted by atomic mass is 127. The van der Waals surface area contributed by atoms with E-state index in [1.54, 1.807) is 12.1 Å². The molecule has 0 aliphatic carbocycles. The van der Waals surface area contributed by atoms with Crippen LogP contribution in [0.4, 0.5) is 11.5 Å². The standard InChI is InChI=1S/C14H15IN4O2/c1-8(2)12-11(15)14(16-3)18-13(17-12)9-4-6-10(7-5-9)19(20)21/h4-8H,1-3H3,(H,16,17,18). The lowest BCUT2D eigenvalue weighted by Gasteiger charge is -2.13. The van der Waals surface area contributed by atoms with E-state index in [2.05, 4.69) is 51.7 Å². The molecule has 110 valence electrons. The fourth-order valence-corrected chi connectivity index (χ4v) is 3.01. The molecule has 21 heavy (non-hydrogen) atoms. The molecule has 7 heteroatoms. The molecule has 2 aromatic rings. The Morgan fingerprint density at radius 2 is 1.86 bits per heavy atom. The molecule has 0 aliphatic heterocycles. The first kappa shape index (κ1) is 15.6. The molecule has 2 rings (SSSR count). The van der Waals surface area contributed by atoms with E-state index in [1.165, 1.54) is 12.1 Å². The Morgan fingerprint density at radius 1 is 1.24 bits per heavy atom. The number of anilines is 1. The molecule has 0 aliphatic rings. The van der Waals surface area contributed by atoms with Gasteiger partial charge in [-0.3, -0.25) is 10.1 Å². The molecule has 1 N–H and O–H groups in total. The number of hydrogen-bond acceptors (Lipinski definition) is 5. The molecule has 0 atom stereocenters. The van der Waals surface area contributed by atoms with Crippen LogP contribution in [-0.2, 0) is 0 Å². The molecule has 6 nitrogen and oxygen atoms in total. The fourth-order valence-electron chi connectivity index (χ4n) is 1.87. The summed E-state index contributed by atoms with van der Waals surface area (Å²) in [6.45, 7) is 4.15. The van der Waals surface area contributed by atoms with E-state index in [0.717, 1.165) is 20.6 Å². The van der Waals surface area contributed by atoms with Crippen LogP contribution in [0.25, 0.3) is 11.4 Å². The number of halogens is 1. The summed E-state index contributed by atoms with van der Waals surface area (Å²) in [6.07, 6.45) is 0. The van der Waals surface area contributed by atoms with Crippen LogP contribution < -0.4 is 5.32 Å². The summed E-state index contributed by atoms with van der Waals surface area (Å²) in [5.41, 5.74) is 1.78. The SMILES string of the molecule is CNc1nc(-c2ccc([N+](=O)[O-])cc2)nc(C(C)C)c1I. The van der Waals surface area contributed by atoms with Gasteiger partial charge < -0.3 is 5.32 Å². The van der Waals surface area contributed by atoms with Crippen LogP contribution in [0.15, 0.2) is 24.3 Å². The predicted octanol–water partition coefficient (Wildman–Crippen LogP) is 3.82. The smallest absolute Gasteiger partial charge is 0.269 e. The molecule has 0 unspecified atom stereocenters. The van der Waals surface area contributed by atoms with E-state index in [9.17, 15) is 10.1 Å². The van der Waals surface area contributed by atoms with Gasteiger partial charge in [0.25, 0.3) is 5.69 Å². The number of nitrogens with zero attached hydrogens (tertiary/aromatic N) is 3. The van der Waals surface area contributed by atoms with E-state index in [0.29, 0.717) is 5.82 Å². The molecular weight excluding hydrogens is 383 g/mol. The molecular formula is C14H15IN4O2. The highest BCUT2D eigenvalue weighted by molar-refractivity contribution is 14.1. The summed E-state index contributed by atoms with van der Waals surface area (Å²) in [4.78, 5) is 19.4. The second-order valence-electron chi connectivity index (χ2n) is 4.80. The Labute approximate surface area is 136 Å². The van der Waals surface area contributed by atoms with Crippen molar-refractivity contribution in [3.63, 3.8) is 0 Å². The van der Waals surface area contributed by atoms with E-state index in [-0.39, 0.29) is 11.6 Å². The van der Waals surface area contributed by atoms with Crippen LogP contribution in [0.1, 0.15) is 25.5 Å². The number of non-ortho nitro benzene ring substituents is 1. The average molecular weight is 398 g/mol. The first-order valence-electron chi connectivity index (χ1n) is 6.44. The highest BCUT2D eigenvalue weighted by Crippen LogP contribution is 2.28. The molecule has 0 radical (unpaired) electrons. The Balaban J connectivity index is 2.52. The van der Waals surface area contributed by atoms with E-state index in [1.807, 2.05) is 7.05 Å². The zero-order valence-corrected chi connectivity index (χ0v) is 14.1. The minimum absolute atomic E-state index is 0.0576. The van der Waals surface area contributed by atoms with Crippen molar-refractivity contribution in [3.05, 3.63) is 43.6 Å². The van der Waals surface area contributed by atoms with Gasteiger partial charge in [0, 0.05) is 24.7 Å². The van der Waals surface area contributed by atoms with Crippen molar-refractivity contribution < 1.29 is 4.92 Å². The first-order valence-corrected chi connectivity index (χ1v) is 7.52. The van der Waals surface area contributed by atoms with Gasteiger partial charge in [-0.05, 0) is 40.6 Å². The van der Waals surface area contributed by atoms with Crippen LogP contribution in [0.2, 0.25) is 0 Å². The molecule has 0 saturated carbocycles. The van der Waals surface area contributed by atoms with Crippen LogP contribution >= 0.6 is 22.6 Å². The van der Waals surface area contributed by atoms with Crippen molar-refractivity contribution in [2.24, 2.45) is 0 Å². The van der Waals surface area contributed by atoms with Gasteiger partial charge in [-0.15, -0.1) is 0 Å². The molecule has 1 heterocycles. The zero-order chi connectivity index (χ0) is 15.6. The van der Waals surface area contributed by atoms with Crippen LogP contribution in [0.3, 0.4) is 0 Å². The van der Waals surface area contributed by atoms with Crippen molar-refractivity contribution in [3.8, 4) is 11.4 Å². The normalized spacial score (nSPS) is 10.7. The van der Waals surface area contributed by atoms with Gasteiger partial charge in [0.05, 0.1) is 14.2 Å². The maximum Gasteiger partial charge on any atom is 0.269 e. The molecule has 0 spiro atoms. The Hall–Kier alpha value is -1.77. The topological polar surface area (TPSA) is 81.0 Å². The summed E-state index contributed by atoms with van der Waals surface area (Å²) < 4.78 is 0.996. The van der Waals surface area contributed by atoms with E-state index in [4.69, 9.17) is 0 Å². The second kappa shape index (κ2) is 6.33. The van der Waals surface area contributed by atoms with Gasteiger partial charge in [0.1, 0.15) is 5.82 Å². The van der Waals surface area contributed by atoms with E-state index < -0.39 is 4.92 Å². The molecule has 0 fully saturated rings. The van der Waals surface area contributed by atoms with Crippen LogP contribution in [0, 0.1) is 13.7 Å². The number of nitro groups is 1. The monoisotopic (exact) mass is 398 g/mol. The molecule has 0 bridgehead atoms. The minimum atomic E-state index is -0.420. The number of benzene rings is 1. The number of hydrogen-bond donors (Lipinski definition) is 1. The summed E-state index contributed by atoms with van der Waals surface area (Å²) >= 11 is 2.23. The third-order valence-electron chi connectivity index (χ3n) is 3.00. The van der Waals surface area contributed by atoms with Gasteiger partial charge in [-0.25, -0.2) is 9.97 Å².